The van der Waals surface area contributed by atoms with E-state index in [0.29, 0.717) is 12.6 Å². The Labute approximate surface area is 153 Å². The van der Waals surface area contributed by atoms with Crippen molar-refractivity contribution in [2.24, 2.45) is 0 Å². The second-order valence-electron chi connectivity index (χ2n) is 7.03. The van der Waals surface area contributed by atoms with E-state index in [1.54, 1.807) is 18.5 Å². The van der Waals surface area contributed by atoms with Crippen molar-refractivity contribution in [2.75, 3.05) is 19.6 Å². The van der Waals surface area contributed by atoms with Gasteiger partial charge in [-0.3, -0.25) is 19.8 Å². The SMILES string of the molecule is C[C@@H]1CN(Cc2ccccc2F)CCN1Cc1ccc2nccnc2c1. The Kier molecular flexibility index (Phi) is 4.91. The van der Waals surface area contributed by atoms with Crippen LogP contribution in [0.3, 0.4) is 0 Å². The van der Waals surface area contributed by atoms with Crippen molar-refractivity contribution in [1.29, 1.82) is 0 Å². The van der Waals surface area contributed by atoms with Gasteiger partial charge in [0.05, 0.1) is 11.0 Å². The average molecular weight is 350 g/mol. The smallest absolute Gasteiger partial charge is 0.127 e. The number of fused-ring (bicyclic) bond motifs is 1. The monoisotopic (exact) mass is 350 g/mol. The van der Waals surface area contributed by atoms with Gasteiger partial charge in [-0.2, -0.15) is 0 Å². The molecule has 0 N–H and O–H groups in total. The molecule has 2 heterocycles. The molecule has 1 aliphatic rings. The molecule has 4 nitrogen and oxygen atoms in total. The maximum Gasteiger partial charge on any atom is 0.127 e. The minimum Gasteiger partial charge on any atom is -0.296 e. The maximum atomic E-state index is 13.9. The van der Waals surface area contributed by atoms with E-state index in [-0.39, 0.29) is 5.82 Å². The molecular formula is C21H23FN4. The van der Waals surface area contributed by atoms with Gasteiger partial charge in [-0.1, -0.05) is 24.3 Å². The minimum absolute atomic E-state index is 0.111. The van der Waals surface area contributed by atoms with Gasteiger partial charge < -0.3 is 0 Å². The average Bonchev–Trinajstić information content (AvgIpc) is 2.66. The van der Waals surface area contributed by atoms with Crippen LogP contribution in [0.25, 0.3) is 11.0 Å². The third-order valence-electron chi connectivity index (χ3n) is 5.12. The van der Waals surface area contributed by atoms with Crippen molar-refractivity contribution in [3.05, 3.63) is 71.8 Å². The van der Waals surface area contributed by atoms with E-state index in [1.807, 2.05) is 18.2 Å². The molecule has 0 aliphatic carbocycles. The molecule has 1 aromatic heterocycles. The number of nitrogens with zero attached hydrogens (tertiary/aromatic N) is 4. The minimum atomic E-state index is -0.111. The molecule has 0 radical (unpaired) electrons. The standard InChI is InChI=1S/C21H23FN4/c1-16-13-25(15-18-4-2-3-5-19(18)22)10-11-26(16)14-17-6-7-20-21(12-17)24-9-8-23-20/h2-9,12,16H,10-11,13-15H2,1H3/t16-/m1/s1. The molecule has 0 spiro atoms. The van der Waals surface area contributed by atoms with E-state index < -0.39 is 0 Å². The van der Waals surface area contributed by atoms with E-state index in [9.17, 15) is 4.39 Å². The molecule has 1 atom stereocenters. The fourth-order valence-corrected chi connectivity index (χ4v) is 3.66. The van der Waals surface area contributed by atoms with Crippen LogP contribution in [0.1, 0.15) is 18.1 Å². The summed E-state index contributed by atoms with van der Waals surface area (Å²) in [5.41, 5.74) is 3.91. The number of aromatic nitrogens is 2. The van der Waals surface area contributed by atoms with Crippen molar-refractivity contribution in [3.63, 3.8) is 0 Å². The molecule has 5 heteroatoms. The molecule has 1 saturated heterocycles. The molecule has 0 unspecified atom stereocenters. The summed E-state index contributed by atoms with van der Waals surface area (Å²) in [4.78, 5) is 13.5. The molecular weight excluding hydrogens is 327 g/mol. The first-order valence-electron chi connectivity index (χ1n) is 9.08. The van der Waals surface area contributed by atoms with Crippen LogP contribution in [0.2, 0.25) is 0 Å². The quantitative estimate of drug-likeness (QED) is 0.721. The number of benzene rings is 2. The Bertz CT molecular complexity index is 898. The third kappa shape index (κ3) is 3.74. The largest absolute Gasteiger partial charge is 0.296 e. The highest BCUT2D eigenvalue weighted by Crippen LogP contribution is 2.19. The normalized spacial score (nSPS) is 19.1. The van der Waals surface area contributed by atoms with E-state index in [1.165, 1.54) is 11.6 Å². The number of rotatable bonds is 4. The predicted molar refractivity (Wildman–Crippen MR) is 101 cm³/mol. The lowest BCUT2D eigenvalue weighted by atomic mass is 10.1. The Balaban J connectivity index is 1.39. The zero-order valence-electron chi connectivity index (χ0n) is 15.0. The van der Waals surface area contributed by atoms with Crippen LogP contribution in [0.4, 0.5) is 4.39 Å². The summed E-state index contributed by atoms with van der Waals surface area (Å²) >= 11 is 0. The molecule has 3 aromatic rings. The molecule has 134 valence electrons. The summed E-state index contributed by atoms with van der Waals surface area (Å²) < 4.78 is 13.9. The third-order valence-corrected chi connectivity index (χ3v) is 5.12. The van der Waals surface area contributed by atoms with Gasteiger partial charge in [0, 0.05) is 56.7 Å². The van der Waals surface area contributed by atoms with Crippen molar-refractivity contribution in [3.8, 4) is 0 Å². The lowest BCUT2D eigenvalue weighted by Gasteiger charge is -2.40. The molecule has 1 fully saturated rings. The molecule has 1 aliphatic heterocycles. The zero-order chi connectivity index (χ0) is 17.9. The fourth-order valence-electron chi connectivity index (χ4n) is 3.66. The number of hydrogen-bond donors (Lipinski definition) is 0. The van der Waals surface area contributed by atoms with E-state index in [4.69, 9.17) is 0 Å². The van der Waals surface area contributed by atoms with Crippen LogP contribution in [0.5, 0.6) is 0 Å². The second kappa shape index (κ2) is 7.48. The summed E-state index contributed by atoms with van der Waals surface area (Å²) in [7, 11) is 0. The maximum absolute atomic E-state index is 13.9. The van der Waals surface area contributed by atoms with Crippen LogP contribution in [-0.2, 0) is 13.1 Å². The van der Waals surface area contributed by atoms with Gasteiger partial charge in [-0.25, -0.2) is 4.39 Å². The van der Waals surface area contributed by atoms with Crippen molar-refractivity contribution >= 4 is 11.0 Å². The summed E-state index contributed by atoms with van der Waals surface area (Å²) in [6.45, 7) is 6.70. The van der Waals surface area contributed by atoms with Gasteiger partial charge in [0.15, 0.2) is 0 Å². The Morgan fingerprint density at radius 2 is 1.81 bits per heavy atom. The number of halogens is 1. The Morgan fingerprint density at radius 3 is 2.62 bits per heavy atom. The number of piperazine rings is 1. The van der Waals surface area contributed by atoms with Crippen molar-refractivity contribution in [1.82, 2.24) is 19.8 Å². The van der Waals surface area contributed by atoms with Gasteiger partial charge in [0.1, 0.15) is 5.82 Å². The first kappa shape index (κ1) is 17.1. The second-order valence-corrected chi connectivity index (χ2v) is 7.03. The van der Waals surface area contributed by atoms with Crippen LogP contribution in [0.15, 0.2) is 54.9 Å². The first-order chi connectivity index (χ1) is 12.7. The van der Waals surface area contributed by atoms with E-state index >= 15 is 0 Å². The lowest BCUT2D eigenvalue weighted by molar-refractivity contribution is 0.0727. The van der Waals surface area contributed by atoms with Gasteiger partial charge in [-0.15, -0.1) is 0 Å². The van der Waals surface area contributed by atoms with E-state index in [0.717, 1.165) is 42.8 Å². The molecule has 0 saturated carbocycles. The Hall–Kier alpha value is -2.37. The summed E-state index contributed by atoms with van der Waals surface area (Å²) in [6.07, 6.45) is 3.45. The molecule has 0 bridgehead atoms. The molecule has 0 amide bonds. The highest BCUT2D eigenvalue weighted by Gasteiger charge is 2.24. The Morgan fingerprint density at radius 1 is 1.00 bits per heavy atom. The highest BCUT2D eigenvalue weighted by molar-refractivity contribution is 5.74. The molecule has 2 aromatic carbocycles. The first-order valence-corrected chi connectivity index (χ1v) is 9.08. The van der Waals surface area contributed by atoms with Gasteiger partial charge in [-0.05, 0) is 30.7 Å². The van der Waals surface area contributed by atoms with Gasteiger partial charge in [0.25, 0.3) is 0 Å². The van der Waals surface area contributed by atoms with Crippen molar-refractivity contribution in [2.45, 2.75) is 26.1 Å². The highest BCUT2D eigenvalue weighted by atomic mass is 19.1. The summed E-state index contributed by atoms with van der Waals surface area (Å²) in [5.74, 6) is -0.111. The fraction of sp³-hybridized carbons (Fsp3) is 0.333. The summed E-state index contributed by atoms with van der Waals surface area (Å²) in [6, 6.07) is 13.8. The van der Waals surface area contributed by atoms with Crippen LogP contribution in [0, 0.1) is 5.82 Å². The predicted octanol–water partition coefficient (Wildman–Crippen LogP) is 3.48. The number of hydrogen-bond acceptors (Lipinski definition) is 4. The molecule has 4 rings (SSSR count). The van der Waals surface area contributed by atoms with Gasteiger partial charge >= 0.3 is 0 Å². The zero-order valence-corrected chi connectivity index (χ0v) is 15.0. The van der Waals surface area contributed by atoms with Crippen LogP contribution in [-0.4, -0.2) is 45.4 Å². The lowest BCUT2D eigenvalue weighted by Crippen LogP contribution is -2.50. The van der Waals surface area contributed by atoms with E-state index in [2.05, 4.69) is 38.8 Å². The topological polar surface area (TPSA) is 32.3 Å². The van der Waals surface area contributed by atoms with Crippen molar-refractivity contribution < 1.29 is 4.39 Å². The van der Waals surface area contributed by atoms with Gasteiger partial charge in [0.2, 0.25) is 0 Å². The van der Waals surface area contributed by atoms with Crippen LogP contribution < -0.4 is 0 Å². The molecule has 26 heavy (non-hydrogen) atoms. The van der Waals surface area contributed by atoms with Crippen LogP contribution >= 0.6 is 0 Å². The summed E-state index contributed by atoms with van der Waals surface area (Å²) in [5, 5.41) is 0.